The molecule has 7 heteroatoms. The smallest absolute Gasteiger partial charge is 0.269 e. The van der Waals surface area contributed by atoms with E-state index in [1.165, 1.54) is 6.07 Å². The lowest BCUT2D eigenvalue weighted by molar-refractivity contribution is -0.384. The normalized spacial score (nSPS) is 12.7. The molecule has 0 fully saturated rings. The van der Waals surface area contributed by atoms with Crippen LogP contribution in [0.5, 0.6) is 0 Å². The van der Waals surface area contributed by atoms with Gasteiger partial charge in [0.25, 0.3) is 5.69 Å². The molecule has 0 amide bonds. The first-order valence-corrected chi connectivity index (χ1v) is 13.4. The molecule has 6 nitrogen and oxygen atoms in total. The fraction of sp³-hybridized carbons (Fsp3) is 0.682. The van der Waals surface area contributed by atoms with Crippen molar-refractivity contribution in [2.75, 3.05) is 11.9 Å². The highest BCUT2D eigenvalue weighted by Gasteiger charge is 2.37. The number of non-ortho nitro benzene ring substituents is 1. The summed E-state index contributed by atoms with van der Waals surface area (Å²) in [5.74, 6) is 0.173. The number of carbonyl (C=O) groups is 1. The second kappa shape index (κ2) is 9.85. The summed E-state index contributed by atoms with van der Waals surface area (Å²) >= 11 is 0. The highest BCUT2D eigenvalue weighted by Crippen LogP contribution is 2.40. The standard InChI is InChI=1S/C22H38N2O4Si/c1-8-10-18(25)16-21(2,3)19-15-17(24(26)27)11-12-20(19)23-14-9-13-22(4,5)29(6,7)28/h11-12,15,23,28H,8-10,13-14,16H2,1-7H3. The monoisotopic (exact) mass is 422 g/mol. The molecule has 0 saturated heterocycles. The average molecular weight is 423 g/mol. The molecule has 1 aromatic carbocycles. The number of ketones is 1. The minimum atomic E-state index is -2.24. The van der Waals surface area contributed by atoms with Crippen molar-refractivity contribution in [2.45, 2.75) is 90.3 Å². The minimum Gasteiger partial charge on any atom is -0.432 e. The molecule has 0 radical (unpaired) electrons. The van der Waals surface area contributed by atoms with E-state index in [1.54, 1.807) is 12.1 Å². The van der Waals surface area contributed by atoms with Gasteiger partial charge in [-0.15, -0.1) is 0 Å². The molecule has 29 heavy (non-hydrogen) atoms. The third-order valence-corrected chi connectivity index (χ3v) is 9.62. The van der Waals surface area contributed by atoms with Crippen LogP contribution in [0.15, 0.2) is 18.2 Å². The molecular formula is C22H38N2O4Si. The molecule has 0 aromatic heterocycles. The van der Waals surface area contributed by atoms with Crippen LogP contribution in [0.25, 0.3) is 0 Å². The van der Waals surface area contributed by atoms with Crippen LogP contribution in [0.4, 0.5) is 11.4 Å². The van der Waals surface area contributed by atoms with Gasteiger partial charge in [0.2, 0.25) is 0 Å². The van der Waals surface area contributed by atoms with Gasteiger partial charge in [-0.05, 0) is 54.4 Å². The van der Waals surface area contributed by atoms with Gasteiger partial charge in [0.1, 0.15) is 5.78 Å². The summed E-state index contributed by atoms with van der Waals surface area (Å²) in [5.41, 5.74) is 1.17. The summed E-state index contributed by atoms with van der Waals surface area (Å²) in [6.07, 6.45) is 3.46. The summed E-state index contributed by atoms with van der Waals surface area (Å²) in [6, 6.07) is 4.84. The number of hydrogen-bond acceptors (Lipinski definition) is 5. The van der Waals surface area contributed by atoms with E-state index in [0.717, 1.165) is 30.5 Å². The molecule has 0 saturated carbocycles. The Morgan fingerprint density at radius 3 is 2.38 bits per heavy atom. The second-order valence-electron chi connectivity index (χ2n) is 9.81. The van der Waals surface area contributed by atoms with Crippen LogP contribution in [0.3, 0.4) is 0 Å². The molecule has 164 valence electrons. The Kier molecular flexibility index (Phi) is 8.59. The summed E-state index contributed by atoms with van der Waals surface area (Å²) in [7, 11) is -2.24. The molecule has 0 aliphatic carbocycles. The van der Waals surface area contributed by atoms with E-state index in [2.05, 4.69) is 19.2 Å². The van der Waals surface area contributed by atoms with E-state index in [4.69, 9.17) is 0 Å². The number of carbonyl (C=O) groups excluding carboxylic acids is 1. The number of hydrogen-bond donors (Lipinski definition) is 2. The van der Waals surface area contributed by atoms with Crippen molar-refractivity contribution in [3.63, 3.8) is 0 Å². The summed E-state index contributed by atoms with van der Waals surface area (Å²) in [5, 5.41) is 14.6. The van der Waals surface area contributed by atoms with Gasteiger partial charge in [-0.3, -0.25) is 14.9 Å². The van der Waals surface area contributed by atoms with Gasteiger partial charge >= 0.3 is 0 Å². The first-order valence-electron chi connectivity index (χ1n) is 10.5. The van der Waals surface area contributed by atoms with E-state index in [-0.39, 0.29) is 16.5 Å². The van der Waals surface area contributed by atoms with E-state index in [9.17, 15) is 19.7 Å². The highest BCUT2D eigenvalue weighted by atomic mass is 28.4. The van der Waals surface area contributed by atoms with Gasteiger partial charge in [0.05, 0.1) is 4.92 Å². The largest absolute Gasteiger partial charge is 0.432 e. The SMILES string of the molecule is CCCC(=O)CC(C)(C)c1cc([N+](=O)[O-])ccc1NCCCC(C)(C)[Si](C)(C)O. The first kappa shape index (κ1) is 25.3. The molecule has 0 bridgehead atoms. The van der Waals surface area contributed by atoms with Crippen molar-refractivity contribution in [3.05, 3.63) is 33.9 Å². The zero-order valence-corrected chi connectivity index (χ0v) is 20.1. The Balaban J connectivity index is 3.00. The maximum Gasteiger partial charge on any atom is 0.269 e. The second-order valence-corrected chi connectivity index (χ2v) is 14.3. The van der Waals surface area contributed by atoms with Crippen LogP contribution in [-0.2, 0) is 10.2 Å². The van der Waals surface area contributed by atoms with Crippen LogP contribution >= 0.6 is 0 Å². The van der Waals surface area contributed by atoms with Gasteiger partial charge in [-0.2, -0.15) is 0 Å². The predicted molar refractivity (Wildman–Crippen MR) is 122 cm³/mol. The number of rotatable bonds is 12. The molecule has 0 aliphatic rings. The van der Waals surface area contributed by atoms with Gasteiger partial charge in [-0.25, -0.2) is 0 Å². The zero-order valence-electron chi connectivity index (χ0n) is 19.1. The fourth-order valence-electron chi connectivity index (χ4n) is 3.37. The highest BCUT2D eigenvalue weighted by molar-refractivity contribution is 6.72. The van der Waals surface area contributed by atoms with Crippen LogP contribution in [0.1, 0.15) is 72.3 Å². The van der Waals surface area contributed by atoms with E-state index in [1.807, 2.05) is 33.9 Å². The molecule has 2 N–H and O–H groups in total. The summed E-state index contributed by atoms with van der Waals surface area (Å²) in [6.45, 7) is 14.8. The Hall–Kier alpha value is -1.73. The van der Waals surface area contributed by atoms with Crippen LogP contribution in [-0.4, -0.2) is 30.4 Å². The van der Waals surface area contributed by atoms with Crippen molar-refractivity contribution < 1.29 is 14.5 Å². The molecule has 1 rings (SSSR count). The summed E-state index contributed by atoms with van der Waals surface area (Å²) < 4.78 is 0. The topological polar surface area (TPSA) is 92.5 Å². The Morgan fingerprint density at radius 1 is 1.24 bits per heavy atom. The van der Waals surface area contributed by atoms with Crippen molar-refractivity contribution >= 4 is 25.5 Å². The molecule has 0 spiro atoms. The van der Waals surface area contributed by atoms with Crippen LogP contribution < -0.4 is 5.32 Å². The van der Waals surface area contributed by atoms with E-state index in [0.29, 0.717) is 19.4 Å². The van der Waals surface area contributed by atoms with Gasteiger partial charge in [0, 0.05) is 37.2 Å². The number of nitro benzene ring substituents is 1. The van der Waals surface area contributed by atoms with Crippen molar-refractivity contribution in [1.82, 2.24) is 0 Å². The molecule has 1 aromatic rings. The van der Waals surface area contributed by atoms with Gasteiger partial charge < -0.3 is 10.1 Å². The third-order valence-electron chi connectivity index (χ3n) is 6.06. The molecule has 0 atom stereocenters. The number of nitro groups is 1. The van der Waals surface area contributed by atoms with Crippen molar-refractivity contribution in [2.24, 2.45) is 0 Å². The van der Waals surface area contributed by atoms with Gasteiger partial charge in [0.15, 0.2) is 8.32 Å². The van der Waals surface area contributed by atoms with Crippen molar-refractivity contribution in [1.29, 1.82) is 0 Å². The maximum atomic E-state index is 12.3. The Bertz CT molecular complexity index is 724. The predicted octanol–water partition coefficient (Wildman–Crippen LogP) is 5.80. The van der Waals surface area contributed by atoms with E-state index < -0.39 is 18.7 Å². The molecule has 0 heterocycles. The summed E-state index contributed by atoms with van der Waals surface area (Å²) in [4.78, 5) is 33.6. The number of nitrogens with zero attached hydrogens (tertiary/aromatic N) is 1. The number of benzene rings is 1. The Morgan fingerprint density at radius 2 is 1.86 bits per heavy atom. The van der Waals surface area contributed by atoms with E-state index >= 15 is 0 Å². The lowest BCUT2D eigenvalue weighted by atomic mass is 9.78. The minimum absolute atomic E-state index is 0.0377. The molecule has 0 unspecified atom stereocenters. The average Bonchev–Trinajstić information content (AvgIpc) is 2.57. The fourth-order valence-corrected chi connectivity index (χ4v) is 4.16. The number of nitrogens with one attached hydrogen (secondary N) is 1. The molecule has 0 aliphatic heterocycles. The maximum absolute atomic E-state index is 12.3. The van der Waals surface area contributed by atoms with Crippen LogP contribution in [0.2, 0.25) is 18.1 Å². The zero-order chi connectivity index (χ0) is 22.5. The quantitative estimate of drug-likeness (QED) is 0.192. The lowest BCUT2D eigenvalue weighted by Gasteiger charge is -2.35. The van der Waals surface area contributed by atoms with Crippen molar-refractivity contribution in [3.8, 4) is 0 Å². The Labute approximate surface area is 176 Å². The van der Waals surface area contributed by atoms with Crippen LogP contribution in [0, 0.1) is 10.1 Å². The van der Waals surface area contributed by atoms with Gasteiger partial charge in [-0.1, -0.05) is 34.6 Å². The lowest BCUT2D eigenvalue weighted by Crippen LogP contribution is -2.39. The first-order chi connectivity index (χ1) is 13.2. The molecular weight excluding hydrogens is 384 g/mol. The third kappa shape index (κ3) is 7.23. The number of Topliss-reactive ketones (excluding diaryl/α,β-unsaturated/α-hetero) is 1. The number of anilines is 1.